The highest BCUT2D eigenvalue weighted by Gasteiger charge is 2.05. The monoisotopic (exact) mass is 259 g/mol. The summed E-state index contributed by atoms with van der Waals surface area (Å²) < 4.78 is 5.79. The van der Waals surface area contributed by atoms with Crippen molar-refractivity contribution in [1.29, 1.82) is 0 Å². The summed E-state index contributed by atoms with van der Waals surface area (Å²) in [6.07, 6.45) is 4.78. The molecule has 1 rings (SSSR count). The van der Waals surface area contributed by atoms with Crippen LogP contribution < -0.4 is 10.1 Å². The molecule has 0 bridgehead atoms. The molecule has 0 spiro atoms. The minimum Gasteiger partial charge on any atom is -0.462 e. The number of allylic oxidation sites excluding steroid dienone is 4. The van der Waals surface area contributed by atoms with Crippen molar-refractivity contribution in [2.24, 2.45) is 0 Å². The van der Waals surface area contributed by atoms with Gasteiger partial charge in [-0.25, -0.2) is 0 Å². The number of hydrogen-bond acceptors (Lipinski definition) is 2. The molecule has 1 amide bonds. The van der Waals surface area contributed by atoms with Gasteiger partial charge in [0, 0.05) is 19.0 Å². The summed E-state index contributed by atoms with van der Waals surface area (Å²) in [6, 6.07) is 7.16. The van der Waals surface area contributed by atoms with E-state index in [4.69, 9.17) is 4.74 Å². The van der Waals surface area contributed by atoms with Crippen LogP contribution in [0.5, 0.6) is 5.75 Å². The van der Waals surface area contributed by atoms with Crippen LogP contribution in [-0.4, -0.2) is 13.0 Å². The lowest BCUT2D eigenvalue weighted by Gasteiger charge is -2.09. The van der Waals surface area contributed by atoms with Gasteiger partial charge < -0.3 is 10.1 Å². The number of ether oxygens (including phenoxy) is 1. The first-order valence-corrected chi connectivity index (χ1v) is 6.41. The molecule has 102 valence electrons. The van der Waals surface area contributed by atoms with Gasteiger partial charge >= 0.3 is 0 Å². The van der Waals surface area contributed by atoms with E-state index >= 15 is 0 Å². The van der Waals surface area contributed by atoms with Crippen molar-refractivity contribution in [3.63, 3.8) is 0 Å². The predicted octanol–water partition coefficient (Wildman–Crippen LogP) is 3.69. The summed E-state index contributed by atoms with van der Waals surface area (Å²) in [5, 5.41) is 2.60. The fourth-order valence-electron chi connectivity index (χ4n) is 1.48. The molecule has 0 aliphatic heterocycles. The highest BCUT2D eigenvalue weighted by molar-refractivity contribution is 5.94. The van der Waals surface area contributed by atoms with Crippen LogP contribution in [0.15, 0.2) is 47.7 Å². The van der Waals surface area contributed by atoms with Crippen LogP contribution >= 0.6 is 0 Å². The first kappa shape index (κ1) is 15.0. The number of benzene rings is 1. The number of carbonyl (C=O) groups is 1. The number of rotatable bonds is 5. The van der Waals surface area contributed by atoms with Crippen LogP contribution in [0.2, 0.25) is 0 Å². The zero-order valence-electron chi connectivity index (χ0n) is 12.0. The van der Waals surface area contributed by atoms with Gasteiger partial charge in [-0.3, -0.25) is 4.79 Å². The van der Waals surface area contributed by atoms with Gasteiger partial charge in [0.15, 0.2) is 0 Å². The fraction of sp³-hybridized carbons (Fsp3) is 0.312. The van der Waals surface area contributed by atoms with Gasteiger partial charge in [0.2, 0.25) is 0 Å². The van der Waals surface area contributed by atoms with Crippen molar-refractivity contribution in [1.82, 2.24) is 5.32 Å². The highest BCUT2D eigenvalue weighted by atomic mass is 16.5. The molecular weight excluding hydrogens is 238 g/mol. The van der Waals surface area contributed by atoms with Crippen LogP contribution in [0.25, 0.3) is 0 Å². The maximum atomic E-state index is 11.5. The molecule has 0 unspecified atom stereocenters. The lowest BCUT2D eigenvalue weighted by Crippen LogP contribution is -2.17. The van der Waals surface area contributed by atoms with Crippen LogP contribution in [0.4, 0.5) is 0 Å². The second kappa shape index (κ2) is 7.41. The topological polar surface area (TPSA) is 38.3 Å². The molecule has 0 aliphatic carbocycles. The SMILES string of the molecule is CC/C(=C\C=C(C)C)Oc1cccc(C(=O)NC)c1. The van der Waals surface area contributed by atoms with E-state index in [1.807, 2.05) is 45.1 Å². The fourth-order valence-corrected chi connectivity index (χ4v) is 1.48. The Morgan fingerprint density at radius 2 is 2.05 bits per heavy atom. The molecule has 3 heteroatoms. The Hall–Kier alpha value is -2.03. The number of carbonyl (C=O) groups excluding carboxylic acids is 1. The summed E-state index contributed by atoms with van der Waals surface area (Å²) in [5.41, 5.74) is 1.81. The van der Waals surface area contributed by atoms with Crippen LogP contribution in [0, 0.1) is 0 Å². The Balaban J connectivity index is 2.89. The van der Waals surface area contributed by atoms with Crippen molar-refractivity contribution in [2.75, 3.05) is 7.05 Å². The van der Waals surface area contributed by atoms with E-state index in [0.29, 0.717) is 11.3 Å². The number of nitrogens with one attached hydrogen (secondary N) is 1. The van der Waals surface area contributed by atoms with Crippen LogP contribution in [0.1, 0.15) is 37.6 Å². The molecule has 0 atom stereocenters. The molecule has 0 fully saturated rings. The van der Waals surface area contributed by atoms with E-state index in [1.165, 1.54) is 5.57 Å². The van der Waals surface area contributed by atoms with Crippen molar-refractivity contribution >= 4 is 5.91 Å². The van der Waals surface area contributed by atoms with Gasteiger partial charge in [0.25, 0.3) is 5.91 Å². The highest BCUT2D eigenvalue weighted by Crippen LogP contribution is 2.17. The Labute approximate surface area is 115 Å². The summed E-state index contributed by atoms with van der Waals surface area (Å²) >= 11 is 0. The molecule has 0 radical (unpaired) electrons. The Bertz CT molecular complexity index is 497. The maximum Gasteiger partial charge on any atom is 0.251 e. The second-order valence-corrected chi connectivity index (χ2v) is 4.44. The van der Waals surface area contributed by atoms with E-state index < -0.39 is 0 Å². The smallest absolute Gasteiger partial charge is 0.251 e. The Morgan fingerprint density at radius 3 is 2.63 bits per heavy atom. The average molecular weight is 259 g/mol. The average Bonchev–Trinajstić information content (AvgIpc) is 2.42. The summed E-state index contributed by atoms with van der Waals surface area (Å²) in [4.78, 5) is 11.5. The quantitative estimate of drug-likeness (QED) is 0.647. The normalized spacial score (nSPS) is 10.8. The van der Waals surface area contributed by atoms with Crippen molar-refractivity contribution in [3.8, 4) is 5.75 Å². The lowest BCUT2D eigenvalue weighted by atomic mass is 10.2. The molecule has 1 aromatic rings. The van der Waals surface area contributed by atoms with Gasteiger partial charge in [-0.15, -0.1) is 0 Å². The largest absolute Gasteiger partial charge is 0.462 e. The molecule has 0 aliphatic rings. The minimum absolute atomic E-state index is 0.114. The van der Waals surface area contributed by atoms with E-state index in [0.717, 1.165) is 12.2 Å². The standard InChI is InChI=1S/C16H21NO2/c1-5-14(10-9-12(2)3)19-15-8-6-7-13(11-15)16(18)17-4/h6-11H,5H2,1-4H3,(H,17,18)/b14-10+. The first-order valence-electron chi connectivity index (χ1n) is 6.41. The summed E-state index contributed by atoms with van der Waals surface area (Å²) in [6.45, 7) is 6.11. The van der Waals surface area contributed by atoms with E-state index in [-0.39, 0.29) is 5.91 Å². The molecule has 0 heterocycles. The molecule has 1 N–H and O–H groups in total. The maximum absolute atomic E-state index is 11.5. The van der Waals surface area contributed by atoms with Crippen molar-refractivity contribution < 1.29 is 9.53 Å². The molecule has 0 saturated carbocycles. The number of hydrogen-bond donors (Lipinski definition) is 1. The summed E-state index contributed by atoms with van der Waals surface area (Å²) in [5.74, 6) is 1.43. The van der Waals surface area contributed by atoms with Gasteiger partial charge in [0.05, 0.1) is 0 Å². The van der Waals surface area contributed by atoms with E-state index in [2.05, 4.69) is 5.32 Å². The van der Waals surface area contributed by atoms with Gasteiger partial charge in [-0.2, -0.15) is 0 Å². The van der Waals surface area contributed by atoms with Crippen LogP contribution in [-0.2, 0) is 0 Å². The van der Waals surface area contributed by atoms with E-state index in [1.54, 1.807) is 19.2 Å². The van der Waals surface area contributed by atoms with Gasteiger partial charge in [-0.1, -0.05) is 24.6 Å². The Morgan fingerprint density at radius 1 is 1.32 bits per heavy atom. The molecular formula is C16H21NO2. The lowest BCUT2D eigenvalue weighted by molar-refractivity contribution is 0.0962. The third-order valence-electron chi connectivity index (χ3n) is 2.52. The minimum atomic E-state index is -0.114. The van der Waals surface area contributed by atoms with Crippen molar-refractivity contribution in [2.45, 2.75) is 27.2 Å². The third-order valence-corrected chi connectivity index (χ3v) is 2.52. The molecule has 3 nitrogen and oxygen atoms in total. The third kappa shape index (κ3) is 5.00. The molecule has 19 heavy (non-hydrogen) atoms. The second-order valence-electron chi connectivity index (χ2n) is 4.44. The van der Waals surface area contributed by atoms with Gasteiger partial charge in [0.1, 0.15) is 11.5 Å². The first-order chi connectivity index (χ1) is 9.06. The van der Waals surface area contributed by atoms with Gasteiger partial charge in [-0.05, 0) is 38.1 Å². The van der Waals surface area contributed by atoms with Crippen LogP contribution in [0.3, 0.4) is 0 Å². The van der Waals surface area contributed by atoms with Crippen molar-refractivity contribution in [3.05, 3.63) is 53.3 Å². The molecule has 0 saturated heterocycles. The molecule has 1 aromatic carbocycles. The zero-order valence-corrected chi connectivity index (χ0v) is 12.0. The Kier molecular flexibility index (Phi) is 5.86. The summed E-state index contributed by atoms with van der Waals surface area (Å²) in [7, 11) is 1.61. The van der Waals surface area contributed by atoms with E-state index in [9.17, 15) is 4.79 Å². The molecule has 0 aromatic heterocycles. The predicted molar refractivity (Wildman–Crippen MR) is 78.3 cm³/mol. The zero-order chi connectivity index (χ0) is 14.3. The number of amides is 1.